The zero-order chi connectivity index (χ0) is 17.6. The van der Waals surface area contributed by atoms with Crippen molar-refractivity contribution in [1.82, 2.24) is 10.2 Å². The number of β-amino-alcohol motifs (C(OH)–C–C–N with tert-alkyl or cyclic N) is 1. The van der Waals surface area contributed by atoms with Crippen molar-refractivity contribution in [2.75, 3.05) is 19.6 Å². The van der Waals surface area contributed by atoms with Crippen molar-refractivity contribution in [3.8, 4) is 0 Å². The summed E-state index contributed by atoms with van der Waals surface area (Å²) in [6.45, 7) is 2.21. The molecule has 1 amide bonds. The lowest BCUT2D eigenvalue weighted by Gasteiger charge is -2.34. The summed E-state index contributed by atoms with van der Waals surface area (Å²) in [6, 6.07) is 6.40. The summed E-state index contributed by atoms with van der Waals surface area (Å²) in [6.07, 6.45) is 6.82. The molecule has 5 heteroatoms. The molecule has 1 aliphatic heterocycles. The van der Waals surface area contributed by atoms with Crippen LogP contribution in [0, 0.1) is 11.7 Å². The molecular weight excluding hydrogens is 319 g/mol. The maximum absolute atomic E-state index is 13.3. The summed E-state index contributed by atoms with van der Waals surface area (Å²) in [4.78, 5) is 14.5. The number of carbonyl (C=O) groups is 1. The molecule has 1 heterocycles. The quantitative estimate of drug-likeness (QED) is 0.860. The third-order valence-corrected chi connectivity index (χ3v) is 5.57. The molecule has 0 spiro atoms. The minimum absolute atomic E-state index is 0.210. The van der Waals surface area contributed by atoms with E-state index in [-0.39, 0.29) is 23.7 Å². The summed E-state index contributed by atoms with van der Waals surface area (Å²) in [5.74, 6) is 0.125. The van der Waals surface area contributed by atoms with Crippen molar-refractivity contribution >= 4 is 5.91 Å². The second kappa shape index (κ2) is 8.77. The molecule has 3 rings (SSSR count). The number of piperidine rings is 1. The van der Waals surface area contributed by atoms with Gasteiger partial charge < -0.3 is 15.3 Å². The van der Waals surface area contributed by atoms with Crippen LogP contribution in [-0.4, -0.2) is 41.6 Å². The largest absolute Gasteiger partial charge is 0.387 e. The Labute approximate surface area is 149 Å². The Balaban J connectivity index is 1.41. The van der Waals surface area contributed by atoms with Gasteiger partial charge in [0.25, 0.3) is 0 Å². The molecule has 0 radical (unpaired) electrons. The smallest absolute Gasteiger partial charge is 0.223 e. The molecule has 2 N–H and O–H groups in total. The lowest BCUT2D eigenvalue weighted by atomic mass is 9.88. The van der Waals surface area contributed by atoms with Crippen molar-refractivity contribution in [2.45, 2.75) is 57.1 Å². The number of aliphatic hydroxyl groups excluding tert-OH is 1. The summed E-state index contributed by atoms with van der Waals surface area (Å²) in [5, 5.41) is 13.5. The van der Waals surface area contributed by atoms with E-state index >= 15 is 0 Å². The predicted octanol–water partition coefficient (Wildman–Crippen LogP) is 3.02. The van der Waals surface area contributed by atoms with Gasteiger partial charge in [-0.2, -0.15) is 0 Å². The molecule has 0 bridgehead atoms. The number of nitrogens with zero attached hydrogens (tertiary/aromatic N) is 1. The number of benzene rings is 1. The Morgan fingerprint density at radius 3 is 2.60 bits per heavy atom. The van der Waals surface area contributed by atoms with E-state index in [1.165, 1.54) is 31.4 Å². The van der Waals surface area contributed by atoms with E-state index < -0.39 is 6.10 Å². The lowest BCUT2D eigenvalue weighted by Crippen LogP contribution is -2.47. The van der Waals surface area contributed by atoms with Crippen LogP contribution in [0.25, 0.3) is 0 Å². The van der Waals surface area contributed by atoms with E-state index in [0.717, 1.165) is 38.8 Å². The predicted molar refractivity (Wildman–Crippen MR) is 95.5 cm³/mol. The monoisotopic (exact) mass is 348 g/mol. The highest BCUT2D eigenvalue weighted by Gasteiger charge is 2.26. The van der Waals surface area contributed by atoms with Gasteiger partial charge in [-0.15, -0.1) is 0 Å². The number of hydrogen-bond acceptors (Lipinski definition) is 3. The summed E-state index contributed by atoms with van der Waals surface area (Å²) in [5.41, 5.74) is 0.618. The fraction of sp³-hybridized carbons (Fsp3) is 0.650. The fourth-order valence-electron chi connectivity index (χ4n) is 4.01. The van der Waals surface area contributed by atoms with E-state index in [1.807, 2.05) is 0 Å². The highest BCUT2D eigenvalue weighted by atomic mass is 19.1. The highest BCUT2D eigenvalue weighted by molar-refractivity contribution is 5.79. The number of likely N-dealkylation sites (tertiary alicyclic amines) is 1. The average molecular weight is 348 g/mol. The van der Waals surface area contributed by atoms with Crippen LogP contribution in [0.2, 0.25) is 0 Å². The van der Waals surface area contributed by atoms with Gasteiger partial charge in [-0.1, -0.05) is 31.4 Å². The molecule has 1 aliphatic carbocycles. The van der Waals surface area contributed by atoms with Crippen molar-refractivity contribution in [1.29, 1.82) is 0 Å². The molecule has 0 aromatic heterocycles. The van der Waals surface area contributed by atoms with Crippen LogP contribution >= 0.6 is 0 Å². The normalized spacial score (nSPS) is 21.8. The first-order valence-corrected chi connectivity index (χ1v) is 9.58. The van der Waals surface area contributed by atoms with Crippen LogP contribution in [0.15, 0.2) is 24.3 Å². The minimum Gasteiger partial charge on any atom is -0.387 e. The van der Waals surface area contributed by atoms with E-state index in [4.69, 9.17) is 0 Å². The first-order valence-electron chi connectivity index (χ1n) is 9.58. The zero-order valence-electron chi connectivity index (χ0n) is 14.8. The van der Waals surface area contributed by atoms with Gasteiger partial charge >= 0.3 is 0 Å². The molecule has 1 saturated carbocycles. The second-order valence-electron chi connectivity index (χ2n) is 7.49. The van der Waals surface area contributed by atoms with Crippen LogP contribution < -0.4 is 5.32 Å². The van der Waals surface area contributed by atoms with Gasteiger partial charge in [-0.05, 0) is 43.4 Å². The number of carbonyl (C=O) groups excluding carboxylic acids is 1. The summed E-state index contributed by atoms with van der Waals surface area (Å²) < 4.78 is 13.3. The van der Waals surface area contributed by atoms with Crippen molar-refractivity contribution in [2.24, 2.45) is 5.92 Å². The van der Waals surface area contributed by atoms with Gasteiger partial charge in [0, 0.05) is 31.6 Å². The topological polar surface area (TPSA) is 52.6 Å². The molecule has 0 unspecified atom stereocenters. The highest BCUT2D eigenvalue weighted by Crippen LogP contribution is 2.24. The van der Waals surface area contributed by atoms with Crippen LogP contribution in [0.4, 0.5) is 4.39 Å². The Morgan fingerprint density at radius 1 is 1.20 bits per heavy atom. The number of nitrogens with one attached hydrogen (secondary N) is 1. The SMILES string of the molecule is O=C(NC1CCN(C[C@H](O)c2cccc(F)c2)CC1)C1CCCCC1. The molecule has 25 heavy (non-hydrogen) atoms. The Bertz CT molecular complexity index is 567. The Hall–Kier alpha value is -1.46. The van der Waals surface area contributed by atoms with Crippen LogP contribution in [0.3, 0.4) is 0 Å². The molecule has 1 saturated heterocycles. The van der Waals surface area contributed by atoms with E-state index in [2.05, 4.69) is 10.2 Å². The van der Waals surface area contributed by atoms with Gasteiger partial charge in [-0.3, -0.25) is 4.79 Å². The fourth-order valence-corrected chi connectivity index (χ4v) is 4.01. The Morgan fingerprint density at radius 2 is 1.92 bits per heavy atom. The molecule has 1 aromatic rings. The van der Waals surface area contributed by atoms with E-state index in [1.54, 1.807) is 12.1 Å². The first kappa shape index (κ1) is 18.3. The molecule has 4 nitrogen and oxygen atoms in total. The van der Waals surface area contributed by atoms with Gasteiger partial charge in [0.15, 0.2) is 0 Å². The van der Waals surface area contributed by atoms with E-state index in [9.17, 15) is 14.3 Å². The lowest BCUT2D eigenvalue weighted by molar-refractivity contribution is -0.127. The molecule has 2 aliphatic rings. The zero-order valence-corrected chi connectivity index (χ0v) is 14.8. The number of hydrogen-bond donors (Lipinski definition) is 2. The van der Waals surface area contributed by atoms with Crippen LogP contribution in [0.1, 0.15) is 56.6 Å². The van der Waals surface area contributed by atoms with E-state index in [0.29, 0.717) is 12.1 Å². The van der Waals surface area contributed by atoms with Crippen molar-refractivity contribution < 1.29 is 14.3 Å². The third kappa shape index (κ3) is 5.25. The number of aliphatic hydroxyl groups is 1. The number of rotatable bonds is 5. The van der Waals surface area contributed by atoms with Gasteiger partial charge in [0.05, 0.1) is 6.10 Å². The maximum atomic E-state index is 13.3. The molecule has 1 aromatic carbocycles. The van der Waals surface area contributed by atoms with Crippen LogP contribution in [-0.2, 0) is 4.79 Å². The van der Waals surface area contributed by atoms with Gasteiger partial charge in [-0.25, -0.2) is 4.39 Å². The average Bonchev–Trinajstić information content (AvgIpc) is 2.64. The molecule has 138 valence electrons. The summed E-state index contributed by atoms with van der Waals surface area (Å²) >= 11 is 0. The molecule has 1 atom stereocenters. The molecular formula is C20H29FN2O2. The number of amides is 1. The third-order valence-electron chi connectivity index (χ3n) is 5.57. The first-order chi connectivity index (χ1) is 12.1. The maximum Gasteiger partial charge on any atom is 0.223 e. The number of halogens is 1. The van der Waals surface area contributed by atoms with Crippen LogP contribution in [0.5, 0.6) is 0 Å². The Kier molecular flexibility index (Phi) is 6.43. The van der Waals surface area contributed by atoms with Gasteiger partial charge in [0.1, 0.15) is 5.82 Å². The molecule has 2 fully saturated rings. The second-order valence-corrected chi connectivity index (χ2v) is 7.49. The standard InChI is InChI=1S/C20H29FN2O2/c21-17-8-4-7-16(13-17)19(24)14-23-11-9-18(10-12-23)22-20(25)15-5-2-1-3-6-15/h4,7-8,13,15,18-19,24H,1-3,5-6,9-12,14H2,(H,22,25)/t19-/m0/s1. The van der Waals surface area contributed by atoms with Gasteiger partial charge in [0.2, 0.25) is 5.91 Å². The minimum atomic E-state index is -0.677. The summed E-state index contributed by atoms with van der Waals surface area (Å²) in [7, 11) is 0. The van der Waals surface area contributed by atoms with Crippen molar-refractivity contribution in [3.63, 3.8) is 0 Å². The van der Waals surface area contributed by atoms with Crippen molar-refractivity contribution in [3.05, 3.63) is 35.6 Å².